The zero-order valence-electron chi connectivity index (χ0n) is 11.3. The molecule has 0 spiro atoms. The first-order chi connectivity index (χ1) is 9.09. The van der Waals surface area contributed by atoms with E-state index in [0.717, 1.165) is 32.1 Å². The van der Waals surface area contributed by atoms with Gasteiger partial charge in [0.1, 0.15) is 5.76 Å². The van der Waals surface area contributed by atoms with E-state index in [9.17, 15) is 8.42 Å². The van der Waals surface area contributed by atoms with Crippen molar-refractivity contribution in [3.63, 3.8) is 0 Å². The third-order valence-corrected chi connectivity index (χ3v) is 5.52. The third-order valence-electron chi connectivity index (χ3n) is 3.70. The first-order valence-corrected chi connectivity index (χ1v) is 8.34. The fraction of sp³-hybridized carbons (Fsp3) is 0.692. The van der Waals surface area contributed by atoms with Crippen LogP contribution >= 0.6 is 0 Å². The van der Waals surface area contributed by atoms with Gasteiger partial charge in [-0.3, -0.25) is 0 Å². The molecule has 1 aliphatic rings. The van der Waals surface area contributed by atoms with Crippen LogP contribution in [0.25, 0.3) is 0 Å². The van der Waals surface area contributed by atoms with E-state index in [2.05, 4.69) is 0 Å². The SMILES string of the molecule is CCC1CCCCCN1S(=O)(=O)c1ccc(CN)o1. The number of rotatable bonds is 4. The van der Waals surface area contributed by atoms with Crippen LogP contribution in [-0.4, -0.2) is 25.3 Å². The van der Waals surface area contributed by atoms with Gasteiger partial charge in [-0.2, -0.15) is 4.31 Å². The molecule has 1 aromatic heterocycles. The first kappa shape index (κ1) is 14.6. The van der Waals surface area contributed by atoms with E-state index >= 15 is 0 Å². The molecule has 0 radical (unpaired) electrons. The molecule has 1 saturated heterocycles. The second-order valence-corrected chi connectivity index (χ2v) is 6.77. The van der Waals surface area contributed by atoms with E-state index in [4.69, 9.17) is 10.2 Å². The Balaban J connectivity index is 2.30. The Morgan fingerprint density at radius 3 is 2.79 bits per heavy atom. The summed E-state index contributed by atoms with van der Waals surface area (Å²) in [6.45, 7) is 2.83. The highest BCUT2D eigenvalue weighted by Crippen LogP contribution is 2.27. The third kappa shape index (κ3) is 3.01. The number of hydrogen-bond acceptors (Lipinski definition) is 4. The molecule has 1 unspecified atom stereocenters. The summed E-state index contributed by atoms with van der Waals surface area (Å²) in [5.74, 6) is 0.501. The minimum Gasteiger partial charge on any atom is -0.447 e. The van der Waals surface area contributed by atoms with Gasteiger partial charge in [-0.25, -0.2) is 8.42 Å². The van der Waals surface area contributed by atoms with Crippen LogP contribution in [0.4, 0.5) is 0 Å². The van der Waals surface area contributed by atoms with Gasteiger partial charge in [0.15, 0.2) is 0 Å². The van der Waals surface area contributed by atoms with Crippen LogP contribution in [-0.2, 0) is 16.6 Å². The maximum absolute atomic E-state index is 12.6. The molecule has 0 aromatic carbocycles. The molecule has 0 bridgehead atoms. The van der Waals surface area contributed by atoms with Crippen molar-refractivity contribution in [2.24, 2.45) is 5.73 Å². The van der Waals surface area contributed by atoms with Crippen LogP contribution in [0.3, 0.4) is 0 Å². The highest BCUT2D eigenvalue weighted by molar-refractivity contribution is 7.89. The summed E-state index contributed by atoms with van der Waals surface area (Å²) in [7, 11) is -3.52. The van der Waals surface area contributed by atoms with Crippen molar-refractivity contribution in [3.05, 3.63) is 17.9 Å². The predicted molar refractivity (Wildman–Crippen MR) is 73.0 cm³/mol. The van der Waals surface area contributed by atoms with Crippen molar-refractivity contribution in [1.29, 1.82) is 0 Å². The molecule has 2 N–H and O–H groups in total. The van der Waals surface area contributed by atoms with Crippen LogP contribution in [0.2, 0.25) is 0 Å². The lowest BCUT2D eigenvalue weighted by Crippen LogP contribution is -2.39. The molecule has 2 rings (SSSR count). The van der Waals surface area contributed by atoms with Gasteiger partial charge in [0.2, 0.25) is 5.09 Å². The molecule has 2 heterocycles. The normalized spacial score (nSPS) is 22.3. The lowest BCUT2D eigenvalue weighted by Gasteiger charge is -2.27. The average molecular weight is 286 g/mol. The summed E-state index contributed by atoms with van der Waals surface area (Å²) >= 11 is 0. The fourth-order valence-corrected chi connectivity index (χ4v) is 4.30. The largest absolute Gasteiger partial charge is 0.447 e. The topological polar surface area (TPSA) is 76.5 Å². The highest BCUT2D eigenvalue weighted by Gasteiger charge is 2.33. The van der Waals surface area contributed by atoms with E-state index < -0.39 is 10.0 Å². The van der Waals surface area contributed by atoms with Crippen molar-refractivity contribution in [2.45, 2.75) is 56.7 Å². The summed E-state index contributed by atoms with van der Waals surface area (Å²) < 4.78 is 32.2. The standard InChI is InChI=1S/C13H22N2O3S/c1-2-11-6-4-3-5-9-15(11)19(16,17)13-8-7-12(10-14)18-13/h7-8,11H,2-6,9-10,14H2,1H3. The van der Waals surface area contributed by atoms with E-state index in [0.29, 0.717) is 12.3 Å². The van der Waals surface area contributed by atoms with E-state index in [1.807, 2.05) is 6.92 Å². The van der Waals surface area contributed by atoms with Crippen LogP contribution < -0.4 is 5.73 Å². The molecule has 1 aromatic rings. The Morgan fingerprint density at radius 2 is 2.16 bits per heavy atom. The summed E-state index contributed by atoms with van der Waals surface area (Å²) in [5, 5.41) is 0.0216. The molecule has 0 amide bonds. The maximum Gasteiger partial charge on any atom is 0.276 e. The Kier molecular flexibility index (Phi) is 4.65. The predicted octanol–water partition coefficient (Wildman–Crippen LogP) is 2.08. The van der Waals surface area contributed by atoms with Crippen LogP contribution in [0.1, 0.15) is 44.8 Å². The second-order valence-electron chi connectivity index (χ2n) is 4.95. The number of nitrogens with two attached hydrogens (primary N) is 1. The Bertz CT molecular complexity index is 510. The van der Waals surface area contributed by atoms with Gasteiger partial charge in [-0.05, 0) is 31.4 Å². The molecule has 0 aliphatic carbocycles. The van der Waals surface area contributed by atoms with E-state index in [1.165, 1.54) is 6.07 Å². The number of sulfonamides is 1. The Labute approximate surface area is 114 Å². The van der Waals surface area contributed by atoms with Crippen molar-refractivity contribution in [2.75, 3.05) is 6.54 Å². The quantitative estimate of drug-likeness (QED) is 0.919. The lowest BCUT2D eigenvalue weighted by molar-refractivity contribution is 0.301. The molecule has 5 nitrogen and oxygen atoms in total. The first-order valence-electron chi connectivity index (χ1n) is 6.90. The fourth-order valence-electron chi connectivity index (χ4n) is 2.60. The number of furan rings is 1. The molecule has 108 valence electrons. The van der Waals surface area contributed by atoms with Crippen LogP contribution in [0, 0.1) is 0 Å². The van der Waals surface area contributed by atoms with Gasteiger partial charge in [0.05, 0.1) is 6.54 Å². The number of hydrogen-bond donors (Lipinski definition) is 1. The molecule has 1 aliphatic heterocycles. The number of nitrogens with zero attached hydrogens (tertiary/aromatic N) is 1. The Morgan fingerprint density at radius 1 is 1.37 bits per heavy atom. The summed E-state index contributed by atoms with van der Waals surface area (Å²) in [5.41, 5.74) is 5.46. The zero-order valence-corrected chi connectivity index (χ0v) is 12.2. The molecular weight excluding hydrogens is 264 g/mol. The molecular formula is C13H22N2O3S. The lowest BCUT2D eigenvalue weighted by atomic mass is 10.1. The monoisotopic (exact) mass is 286 g/mol. The maximum atomic E-state index is 12.6. The van der Waals surface area contributed by atoms with E-state index in [-0.39, 0.29) is 17.7 Å². The van der Waals surface area contributed by atoms with Gasteiger partial charge < -0.3 is 10.2 Å². The smallest absolute Gasteiger partial charge is 0.276 e. The second kappa shape index (κ2) is 6.07. The van der Waals surface area contributed by atoms with Gasteiger partial charge in [-0.1, -0.05) is 19.8 Å². The Hall–Kier alpha value is -0.850. The van der Waals surface area contributed by atoms with Crippen LogP contribution in [0.5, 0.6) is 0 Å². The zero-order chi connectivity index (χ0) is 13.9. The summed E-state index contributed by atoms with van der Waals surface area (Å²) in [4.78, 5) is 0. The molecule has 1 atom stereocenters. The summed E-state index contributed by atoms with van der Waals surface area (Å²) in [6.07, 6.45) is 4.87. The van der Waals surface area contributed by atoms with E-state index in [1.54, 1.807) is 10.4 Å². The summed E-state index contributed by atoms with van der Waals surface area (Å²) in [6, 6.07) is 3.22. The van der Waals surface area contributed by atoms with Crippen molar-refractivity contribution in [3.8, 4) is 0 Å². The van der Waals surface area contributed by atoms with Gasteiger partial charge in [-0.15, -0.1) is 0 Å². The molecule has 6 heteroatoms. The van der Waals surface area contributed by atoms with Crippen molar-refractivity contribution in [1.82, 2.24) is 4.31 Å². The van der Waals surface area contributed by atoms with Gasteiger partial charge >= 0.3 is 0 Å². The molecule has 1 fully saturated rings. The highest BCUT2D eigenvalue weighted by atomic mass is 32.2. The van der Waals surface area contributed by atoms with Gasteiger partial charge in [0, 0.05) is 12.6 Å². The van der Waals surface area contributed by atoms with Crippen molar-refractivity contribution >= 4 is 10.0 Å². The molecule has 0 saturated carbocycles. The molecule has 19 heavy (non-hydrogen) atoms. The minimum absolute atomic E-state index is 0.0216. The van der Waals surface area contributed by atoms with Gasteiger partial charge in [0.25, 0.3) is 10.0 Å². The van der Waals surface area contributed by atoms with Crippen LogP contribution in [0.15, 0.2) is 21.6 Å². The average Bonchev–Trinajstić information content (AvgIpc) is 2.76. The van der Waals surface area contributed by atoms with Crippen molar-refractivity contribution < 1.29 is 12.8 Å². The minimum atomic E-state index is -3.52.